The predicted molar refractivity (Wildman–Crippen MR) is 70.3 cm³/mol. The number of hydrogen-bond acceptors (Lipinski definition) is 2. The molecule has 3 rings (SSSR count). The fourth-order valence-corrected chi connectivity index (χ4v) is 2.06. The maximum Gasteiger partial charge on any atom is 0.406 e. The van der Waals surface area contributed by atoms with Crippen molar-refractivity contribution in [3.05, 3.63) is 54.1 Å². The van der Waals surface area contributed by atoms with Gasteiger partial charge in [-0.15, -0.1) is 0 Å². The van der Waals surface area contributed by atoms with Crippen molar-refractivity contribution >= 4 is 23.8 Å². The van der Waals surface area contributed by atoms with Crippen molar-refractivity contribution in [1.29, 1.82) is 0 Å². The number of aryl methyl sites for hydroxylation is 1. The highest BCUT2D eigenvalue weighted by atomic mass is 15.0. The Bertz CT molecular complexity index is 511. The first-order valence-corrected chi connectivity index (χ1v) is 5.51. The maximum absolute atomic E-state index is 3.48. The van der Waals surface area contributed by atoms with Gasteiger partial charge in [0.1, 0.15) is 0 Å². The molecule has 0 unspecified atom stereocenters. The molecule has 1 heterocycles. The highest BCUT2D eigenvalue weighted by Crippen LogP contribution is 2.28. The van der Waals surface area contributed by atoms with E-state index in [-0.39, 0.29) is 6.98 Å². The minimum Gasteiger partial charge on any atom is -0.404 e. The van der Waals surface area contributed by atoms with Crippen LogP contribution in [0.2, 0.25) is 0 Å². The summed E-state index contributed by atoms with van der Waals surface area (Å²) in [5.74, 6) is 0. The maximum atomic E-state index is 3.48. The Morgan fingerprint density at radius 1 is 0.875 bits per heavy atom. The highest BCUT2D eigenvalue weighted by Gasteiger charge is 2.25. The van der Waals surface area contributed by atoms with E-state index in [1.807, 2.05) is 6.07 Å². The molecule has 0 spiro atoms. The molecular weight excluding hydrogens is 195 g/mol. The Hall–Kier alpha value is -1.90. The molecule has 1 aliphatic heterocycles. The zero-order valence-electron chi connectivity index (χ0n) is 9.20. The summed E-state index contributed by atoms with van der Waals surface area (Å²) in [6.07, 6.45) is 0. The van der Waals surface area contributed by atoms with Crippen LogP contribution >= 0.6 is 0 Å². The molecular formula is C13H13BN2. The van der Waals surface area contributed by atoms with Gasteiger partial charge in [0.2, 0.25) is 0 Å². The third-order valence-electron chi connectivity index (χ3n) is 2.91. The molecule has 0 aromatic heterocycles. The van der Waals surface area contributed by atoms with E-state index in [9.17, 15) is 0 Å². The number of fused-ring (bicyclic) bond motifs is 1. The Kier molecular flexibility index (Phi) is 2.10. The molecule has 2 aromatic carbocycles. The van der Waals surface area contributed by atoms with Gasteiger partial charge in [0.25, 0.3) is 0 Å². The van der Waals surface area contributed by atoms with Gasteiger partial charge in [-0.1, -0.05) is 36.4 Å². The van der Waals surface area contributed by atoms with Gasteiger partial charge in [-0.2, -0.15) is 0 Å². The smallest absolute Gasteiger partial charge is 0.404 e. The predicted octanol–water partition coefficient (Wildman–Crippen LogP) is 2.23. The summed E-state index contributed by atoms with van der Waals surface area (Å²) in [6, 6.07) is 16.8. The van der Waals surface area contributed by atoms with E-state index in [0.717, 1.165) is 0 Å². The second-order valence-electron chi connectivity index (χ2n) is 4.18. The van der Waals surface area contributed by atoms with E-state index in [1.54, 1.807) is 0 Å². The van der Waals surface area contributed by atoms with Gasteiger partial charge >= 0.3 is 6.98 Å². The molecule has 0 fully saturated rings. The van der Waals surface area contributed by atoms with E-state index in [1.165, 1.54) is 22.4 Å². The van der Waals surface area contributed by atoms with Crippen LogP contribution in [0.5, 0.6) is 0 Å². The van der Waals surface area contributed by atoms with Crippen LogP contribution < -0.4 is 15.9 Å². The van der Waals surface area contributed by atoms with Crippen molar-refractivity contribution in [3.63, 3.8) is 0 Å². The Morgan fingerprint density at radius 2 is 1.62 bits per heavy atom. The molecule has 0 atom stereocenters. The molecule has 2 N–H and O–H groups in total. The van der Waals surface area contributed by atoms with Gasteiger partial charge in [0, 0.05) is 11.4 Å². The summed E-state index contributed by atoms with van der Waals surface area (Å²) in [7, 11) is 0. The SMILES string of the molecule is Cc1ccc2c(c1)NB(c1ccccc1)N2. The molecule has 0 bridgehead atoms. The summed E-state index contributed by atoms with van der Waals surface area (Å²) in [6.45, 7) is 2.30. The van der Waals surface area contributed by atoms with Crippen LogP contribution in [-0.4, -0.2) is 6.98 Å². The van der Waals surface area contributed by atoms with E-state index in [4.69, 9.17) is 0 Å². The van der Waals surface area contributed by atoms with Gasteiger partial charge < -0.3 is 10.5 Å². The van der Waals surface area contributed by atoms with Crippen LogP contribution in [0, 0.1) is 6.92 Å². The van der Waals surface area contributed by atoms with E-state index in [2.05, 4.69) is 59.8 Å². The lowest BCUT2D eigenvalue weighted by molar-refractivity contribution is 1.48. The van der Waals surface area contributed by atoms with Crippen molar-refractivity contribution in [3.8, 4) is 0 Å². The van der Waals surface area contributed by atoms with Crippen LogP contribution in [0.25, 0.3) is 0 Å². The zero-order valence-corrected chi connectivity index (χ0v) is 9.20. The lowest BCUT2D eigenvalue weighted by atomic mass is 9.69. The summed E-state index contributed by atoms with van der Waals surface area (Å²) in [4.78, 5) is 0. The van der Waals surface area contributed by atoms with Crippen LogP contribution in [0.4, 0.5) is 11.4 Å². The Morgan fingerprint density at radius 3 is 2.44 bits per heavy atom. The molecule has 2 aromatic rings. The molecule has 16 heavy (non-hydrogen) atoms. The number of nitrogens with one attached hydrogen (secondary N) is 2. The molecule has 0 saturated heterocycles. The Labute approximate surface area is 95.8 Å². The molecule has 0 radical (unpaired) electrons. The highest BCUT2D eigenvalue weighted by molar-refractivity contribution is 6.80. The summed E-state index contributed by atoms with van der Waals surface area (Å²) < 4.78 is 0. The van der Waals surface area contributed by atoms with Crippen LogP contribution in [-0.2, 0) is 0 Å². The fourth-order valence-electron chi connectivity index (χ4n) is 2.06. The number of hydrogen-bond donors (Lipinski definition) is 2. The second kappa shape index (κ2) is 3.60. The molecule has 1 aliphatic rings. The van der Waals surface area contributed by atoms with Gasteiger partial charge in [0.05, 0.1) is 0 Å². The molecule has 0 amide bonds. The first kappa shape index (κ1) is 9.34. The van der Waals surface area contributed by atoms with Crippen LogP contribution in [0.15, 0.2) is 48.5 Å². The normalized spacial score (nSPS) is 12.9. The quantitative estimate of drug-likeness (QED) is 0.702. The fraction of sp³-hybridized carbons (Fsp3) is 0.0769. The summed E-state index contributed by atoms with van der Waals surface area (Å²) >= 11 is 0. The molecule has 0 saturated carbocycles. The van der Waals surface area contributed by atoms with Crippen LogP contribution in [0.3, 0.4) is 0 Å². The van der Waals surface area contributed by atoms with Crippen molar-refractivity contribution in [2.24, 2.45) is 0 Å². The zero-order chi connectivity index (χ0) is 11.0. The second-order valence-corrected chi connectivity index (χ2v) is 4.18. The number of anilines is 2. The summed E-state index contributed by atoms with van der Waals surface area (Å²) in [5.41, 5.74) is 4.91. The van der Waals surface area contributed by atoms with Crippen molar-refractivity contribution in [2.45, 2.75) is 6.92 Å². The molecule has 78 valence electrons. The van der Waals surface area contributed by atoms with Gasteiger partial charge in [-0.25, -0.2) is 0 Å². The van der Waals surface area contributed by atoms with Gasteiger partial charge in [-0.05, 0) is 30.1 Å². The minimum absolute atomic E-state index is 0.193. The van der Waals surface area contributed by atoms with E-state index >= 15 is 0 Å². The first-order valence-electron chi connectivity index (χ1n) is 5.51. The van der Waals surface area contributed by atoms with Gasteiger partial charge in [-0.3, -0.25) is 0 Å². The standard InChI is InChI=1S/C13H13BN2/c1-10-7-8-12-13(9-10)16-14(15-12)11-5-3-2-4-6-11/h2-9,15-16H,1H3. The third-order valence-corrected chi connectivity index (χ3v) is 2.91. The molecule has 3 heteroatoms. The average Bonchev–Trinajstić information content (AvgIpc) is 2.73. The number of benzene rings is 2. The first-order chi connectivity index (χ1) is 7.83. The molecule has 2 nitrogen and oxygen atoms in total. The third kappa shape index (κ3) is 1.54. The van der Waals surface area contributed by atoms with Gasteiger partial charge in [0.15, 0.2) is 0 Å². The monoisotopic (exact) mass is 208 g/mol. The molecule has 0 aliphatic carbocycles. The lowest BCUT2D eigenvalue weighted by Gasteiger charge is -2.06. The average molecular weight is 208 g/mol. The van der Waals surface area contributed by atoms with Crippen molar-refractivity contribution in [2.75, 3.05) is 10.5 Å². The summed E-state index contributed by atoms with van der Waals surface area (Å²) in [5, 5.41) is 6.95. The van der Waals surface area contributed by atoms with Crippen molar-refractivity contribution in [1.82, 2.24) is 0 Å². The lowest BCUT2D eigenvalue weighted by Crippen LogP contribution is -2.41. The van der Waals surface area contributed by atoms with E-state index in [0.29, 0.717) is 0 Å². The van der Waals surface area contributed by atoms with Crippen molar-refractivity contribution < 1.29 is 0 Å². The minimum atomic E-state index is 0.193. The van der Waals surface area contributed by atoms with Crippen LogP contribution in [0.1, 0.15) is 5.56 Å². The Balaban J connectivity index is 1.91. The topological polar surface area (TPSA) is 24.1 Å². The van der Waals surface area contributed by atoms with E-state index < -0.39 is 0 Å². The largest absolute Gasteiger partial charge is 0.406 e. The number of rotatable bonds is 1.